The zero-order valence-electron chi connectivity index (χ0n) is 2.90. The van der Waals surface area contributed by atoms with Crippen LogP contribution in [0.2, 0.25) is 0 Å². The van der Waals surface area contributed by atoms with Crippen LogP contribution in [0.15, 0.2) is 0 Å². The first-order valence-electron chi connectivity index (χ1n) is 0.730. The van der Waals surface area contributed by atoms with E-state index in [4.69, 9.17) is 19.2 Å². The third-order valence-electron chi connectivity index (χ3n) is 0. The summed E-state index contributed by atoms with van der Waals surface area (Å²) < 4.78 is 8.55. The summed E-state index contributed by atoms with van der Waals surface area (Å²) in [7, 11) is -5.39. The molecule has 0 atom stereocenters. The van der Waals surface area contributed by atoms with Gasteiger partial charge in [-0.1, -0.05) is 0 Å². The molecule has 0 spiro atoms. The molecular weight excluding hydrogens is 163 g/mol. The second-order valence-electron chi connectivity index (χ2n) is 0.447. The fourth-order valence-corrected chi connectivity index (χ4v) is 0. The molecule has 0 saturated carbocycles. The Morgan fingerprint density at radius 2 is 1.14 bits per heavy atom. The molecule has 0 amide bonds. The molecular formula is CrO5P. The Kier molecular flexibility index (Phi) is 10.6. The molecule has 0 aliphatic carbocycles. The third-order valence-corrected chi connectivity index (χ3v) is 0. The maximum atomic E-state index is 8.55. The maximum absolute atomic E-state index is 8.55. The van der Waals surface area contributed by atoms with Gasteiger partial charge in [0, 0.05) is 0 Å². The van der Waals surface area contributed by atoms with Gasteiger partial charge in [-0.3, -0.25) is 0 Å². The minimum absolute atomic E-state index is 0. The van der Waals surface area contributed by atoms with E-state index < -0.39 is 7.82 Å². The first kappa shape index (κ1) is 15.6. The molecule has 41 valence electrons. The molecule has 7 heavy (non-hydrogen) atoms. The van der Waals surface area contributed by atoms with Crippen molar-refractivity contribution in [2.45, 2.75) is 0 Å². The van der Waals surface area contributed by atoms with E-state index in [1.165, 1.54) is 0 Å². The van der Waals surface area contributed by atoms with Crippen molar-refractivity contribution in [2.75, 3.05) is 0 Å². The summed E-state index contributed by atoms with van der Waals surface area (Å²) in [6, 6.07) is 0. The van der Waals surface area contributed by atoms with Crippen LogP contribution in [0.25, 0.3) is 0 Å². The predicted molar refractivity (Wildman–Crippen MR) is 8.29 cm³/mol. The van der Waals surface area contributed by atoms with Crippen LogP contribution in [-0.2, 0) is 27.4 Å². The van der Waals surface area contributed by atoms with Crippen molar-refractivity contribution in [3.63, 3.8) is 0 Å². The Labute approximate surface area is 50.7 Å². The first-order valence-corrected chi connectivity index (χ1v) is 2.19. The van der Waals surface area contributed by atoms with Gasteiger partial charge >= 0.3 is 17.4 Å². The van der Waals surface area contributed by atoms with Crippen LogP contribution < -0.4 is 14.7 Å². The molecule has 0 N–H and O–H groups in total. The van der Waals surface area contributed by atoms with E-state index in [1.54, 1.807) is 0 Å². The number of rotatable bonds is 0. The Morgan fingerprint density at radius 1 is 1.14 bits per heavy atom. The van der Waals surface area contributed by atoms with Crippen LogP contribution >= 0.6 is 7.82 Å². The van der Waals surface area contributed by atoms with Crippen LogP contribution in [0.3, 0.4) is 0 Å². The maximum Gasteiger partial charge on any atom is 5.00 e. The molecule has 0 aromatic heterocycles. The first-order chi connectivity index (χ1) is 2.00. The van der Waals surface area contributed by atoms with Gasteiger partial charge in [0.15, 0.2) is 0 Å². The van der Waals surface area contributed by atoms with Crippen molar-refractivity contribution >= 4 is 7.82 Å². The van der Waals surface area contributed by atoms with E-state index in [9.17, 15) is 0 Å². The molecule has 1 radical (unpaired) electrons. The van der Waals surface area contributed by atoms with Crippen LogP contribution in [0.5, 0.6) is 0 Å². The zero-order valence-corrected chi connectivity index (χ0v) is 5.07. The molecule has 7 heteroatoms. The fourth-order valence-electron chi connectivity index (χ4n) is 0. The molecule has 0 bridgehead atoms. The summed E-state index contributed by atoms with van der Waals surface area (Å²) in [6.07, 6.45) is 0. The summed E-state index contributed by atoms with van der Waals surface area (Å²) in [5.41, 5.74) is 0. The predicted octanol–water partition coefficient (Wildman–Crippen LogP) is -2.95. The Balaban J connectivity index is -0.0000000800. The van der Waals surface area contributed by atoms with E-state index in [1.807, 2.05) is 0 Å². The van der Waals surface area contributed by atoms with Gasteiger partial charge in [-0.2, -0.15) is 7.82 Å². The minimum atomic E-state index is -5.39. The second-order valence-corrected chi connectivity index (χ2v) is 1.34. The monoisotopic (exact) mass is 163 g/mol. The smallest absolute Gasteiger partial charge is 2.00 e. The van der Waals surface area contributed by atoms with Gasteiger partial charge in [0.25, 0.3) is 0 Å². The van der Waals surface area contributed by atoms with E-state index >= 15 is 0 Å². The number of hydrogen-bond acceptors (Lipinski definition) is 4. The second kappa shape index (κ2) is 4.75. The van der Waals surface area contributed by atoms with Gasteiger partial charge < -0.3 is 24.7 Å². The standard InChI is InChI=1S/Cr.H3O4P.O/c;1-5(2,3)4;/h;(H3,1,2,3,4);/q+5;;-2/p-3. The summed E-state index contributed by atoms with van der Waals surface area (Å²) in [4.78, 5) is 25.6. The minimum Gasteiger partial charge on any atom is -2.00 e. The largest absolute Gasteiger partial charge is 5.00 e. The van der Waals surface area contributed by atoms with Gasteiger partial charge in [-0.15, -0.1) is 0 Å². The molecule has 0 aliphatic heterocycles. The van der Waals surface area contributed by atoms with Crippen molar-refractivity contribution in [2.24, 2.45) is 0 Å². The fraction of sp³-hybridized carbons (Fsp3) is 0. The van der Waals surface area contributed by atoms with Crippen molar-refractivity contribution in [3.8, 4) is 0 Å². The molecule has 0 fully saturated rings. The average molecular weight is 163 g/mol. The number of phosphoric acid groups is 1. The number of hydrogen-bond donors (Lipinski definition) is 0. The van der Waals surface area contributed by atoms with Crippen LogP contribution in [0, 0.1) is 0 Å². The molecule has 0 aromatic rings. The van der Waals surface area contributed by atoms with Gasteiger partial charge in [-0.05, 0) is 0 Å². The third kappa shape index (κ3) is 385. The topological polar surface area (TPSA) is 115 Å². The van der Waals surface area contributed by atoms with Crippen molar-refractivity contribution < 1.29 is 42.1 Å². The molecule has 0 unspecified atom stereocenters. The van der Waals surface area contributed by atoms with E-state index in [0.29, 0.717) is 0 Å². The molecule has 0 aromatic carbocycles. The van der Waals surface area contributed by atoms with Crippen molar-refractivity contribution in [1.29, 1.82) is 0 Å². The SMILES string of the molecule is O=P([O-])([O-])[O-].[Cr+5].[O-2]. The molecule has 0 aliphatic rings. The van der Waals surface area contributed by atoms with Gasteiger partial charge in [0.2, 0.25) is 0 Å². The van der Waals surface area contributed by atoms with Crippen molar-refractivity contribution in [1.82, 2.24) is 0 Å². The molecule has 0 rings (SSSR count). The molecule has 0 heterocycles. The summed E-state index contributed by atoms with van der Waals surface area (Å²) in [6.45, 7) is 0. The van der Waals surface area contributed by atoms with E-state index in [0.717, 1.165) is 0 Å². The summed E-state index contributed by atoms with van der Waals surface area (Å²) >= 11 is 0. The molecule has 0 saturated heterocycles. The Morgan fingerprint density at radius 3 is 1.14 bits per heavy atom. The zero-order chi connectivity index (χ0) is 4.50. The van der Waals surface area contributed by atoms with Crippen LogP contribution in [0.4, 0.5) is 0 Å². The van der Waals surface area contributed by atoms with Gasteiger partial charge in [0.05, 0.1) is 0 Å². The summed E-state index contributed by atoms with van der Waals surface area (Å²) in [5, 5.41) is 0. The van der Waals surface area contributed by atoms with Crippen molar-refractivity contribution in [3.05, 3.63) is 0 Å². The average Bonchev–Trinajstić information content (AvgIpc) is 0.722. The van der Waals surface area contributed by atoms with Gasteiger partial charge in [-0.25, -0.2) is 0 Å². The van der Waals surface area contributed by atoms with E-state index in [-0.39, 0.29) is 22.8 Å². The quantitative estimate of drug-likeness (QED) is 0.355. The molecule has 5 nitrogen and oxygen atoms in total. The van der Waals surface area contributed by atoms with Crippen LogP contribution in [0.1, 0.15) is 0 Å². The normalized spacial score (nSPS) is 8.43. The van der Waals surface area contributed by atoms with E-state index in [2.05, 4.69) is 0 Å². The Hall–Kier alpha value is 0.602. The van der Waals surface area contributed by atoms with Gasteiger partial charge in [0.1, 0.15) is 0 Å². The van der Waals surface area contributed by atoms with Crippen LogP contribution in [-0.4, -0.2) is 0 Å². The summed E-state index contributed by atoms with van der Waals surface area (Å²) in [5.74, 6) is 0. The Bertz CT molecular complexity index is 54.2.